The van der Waals surface area contributed by atoms with E-state index in [1.165, 1.54) is 0 Å². The fourth-order valence-electron chi connectivity index (χ4n) is 0.0373. The fraction of sp³-hybridized carbons (Fsp3) is 0.667. The van der Waals surface area contributed by atoms with Crippen molar-refractivity contribution in [3.8, 4) is 0 Å². The van der Waals surface area contributed by atoms with Crippen molar-refractivity contribution in [2.24, 2.45) is 5.73 Å². The zero-order chi connectivity index (χ0) is 4.99. The van der Waals surface area contributed by atoms with Crippen molar-refractivity contribution >= 4 is 18.9 Å². The Morgan fingerprint density at radius 2 is 2.50 bits per heavy atom. The van der Waals surface area contributed by atoms with Crippen molar-refractivity contribution in [2.45, 2.75) is 6.04 Å². The Bertz CT molecular complexity index is 48.1. The first-order valence-corrected chi connectivity index (χ1v) is 2.18. The second-order valence-corrected chi connectivity index (χ2v) is 1.27. The van der Waals surface area contributed by atoms with Gasteiger partial charge in [0.2, 0.25) is 6.29 Å². The van der Waals surface area contributed by atoms with E-state index in [2.05, 4.69) is 12.6 Å². The van der Waals surface area contributed by atoms with E-state index in [0.717, 1.165) is 0 Å². The second-order valence-electron chi connectivity index (χ2n) is 0.907. The van der Waals surface area contributed by atoms with Crippen LogP contribution in [0.1, 0.15) is 0 Å². The standard InChI is InChI=1S/C3H6NOS/c4-3(1-5)2-6/h3,6H,2,4H2/t3-/m1/s1. The lowest BCUT2D eigenvalue weighted by Crippen LogP contribution is -2.22. The summed E-state index contributed by atoms with van der Waals surface area (Å²) in [7, 11) is 0. The summed E-state index contributed by atoms with van der Waals surface area (Å²) in [5.41, 5.74) is 4.97. The number of nitrogens with two attached hydrogens (primary N) is 1. The van der Waals surface area contributed by atoms with Crippen molar-refractivity contribution in [3.05, 3.63) is 0 Å². The monoisotopic (exact) mass is 104 g/mol. The number of hydrogen-bond donors (Lipinski definition) is 2. The molecule has 0 amide bonds. The average molecular weight is 104 g/mol. The Morgan fingerprint density at radius 3 is 2.50 bits per heavy atom. The molecular weight excluding hydrogens is 98.1 g/mol. The number of hydrogen-bond acceptors (Lipinski definition) is 3. The minimum absolute atomic E-state index is 0.378. The van der Waals surface area contributed by atoms with E-state index in [1.807, 2.05) is 0 Å². The highest BCUT2D eigenvalue weighted by Gasteiger charge is 1.91. The number of carbonyl (C=O) groups excluding carboxylic acids is 1. The lowest BCUT2D eigenvalue weighted by Gasteiger charge is -1.88. The van der Waals surface area contributed by atoms with Gasteiger partial charge in [0, 0.05) is 5.75 Å². The summed E-state index contributed by atoms with van der Waals surface area (Å²) in [6, 6.07) is -0.506. The molecule has 0 aromatic rings. The SMILES string of the molecule is N[C@H]([C]=O)CS. The first-order chi connectivity index (χ1) is 2.81. The van der Waals surface area contributed by atoms with Crippen molar-refractivity contribution in [2.75, 3.05) is 5.75 Å². The van der Waals surface area contributed by atoms with Crippen molar-refractivity contribution in [3.63, 3.8) is 0 Å². The molecule has 0 unspecified atom stereocenters. The van der Waals surface area contributed by atoms with E-state index in [0.29, 0.717) is 5.75 Å². The number of thiol groups is 1. The third-order valence-electron chi connectivity index (χ3n) is 0.348. The molecule has 0 heterocycles. The van der Waals surface area contributed by atoms with Gasteiger partial charge in [-0.15, -0.1) is 0 Å². The highest BCUT2D eigenvalue weighted by molar-refractivity contribution is 7.80. The fourth-order valence-corrected chi connectivity index (χ4v) is 0.112. The van der Waals surface area contributed by atoms with E-state index in [-0.39, 0.29) is 0 Å². The summed E-state index contributed by atoms with van der Waals surface area (Å²) in [6.07, 6.45) is 1.57. The van der Waals surface area contributed by atoms with Gasteiger partial charge in [0.1, 0.15) is 0 Å². The maximum absolute atomic E-state index is 9.44. The van der Waals surface area contributed by atoms with Crippen molar-refractivity contribution in [1.82, 2.24) is 0 Å². The maximum Gasteiger partial charge on any atom is 0.217 e. The van der Waals surface area contributed by atoms with Gasteiger partial charge in [0.15, 0.2) is 0 Å². The van der Waals surface area contributed by atoms with Gasteiger partial charge in [0.05, 0.1) is 6.04 Å². The molecule has 0 bridgehead atoms. The molecule has 35 valence electrons. The van der Waals surface area contributed by atoms with Gasteiger partial charge >= 0.3 is 0 Å². The molecule has 3 heteroatoms. The summed E-state index contributed by atoms with van der Waals surface area (Å²) < 4.78 is 0. The van der Waals surface area contributed by atoms with E-state index in [9.17, 15) is 4.79 Å². The van der Waals surface area contributed by atoms with Gasteiger partial charge in [-0.3, -0.25) is 4.79 Å². The molecule has 2 N–H and O–H groups in total. The Labute approximate surface area is 42.1 Å². The highest BCUT2D eigenvalue weighted by Crippen LogP contribution is 1.73. The van der Waals surface area contributed by atoms with E-state index in [1.54, 1.807) is 6.29 Å². The van der Waals surface area contributed by atoms with Crippen LogP contribution in [0.3, 0.4) is 0 Å². The predicted octanol–water partition coefficient (Wildman–Crippen LogP) is -0.647. The molecule has 1 atom stereocenters. The molecular formula is C3H6NOS. The Morgan fingerprint density at radius 1 is 2.00 bits per heavy atom. The third kappa shape index (κ3) is 2.23. The van der Waals surface area contributed by atoms with Gasteiger partial charge in [-0.25, -0.2) is 0 Å². The van der Waals surface area contributed by atoms with Gasteiger partial charge in [0.25, 0.3) is 0 Å². The van der Waals surface area contributed by atoms with Crippen LogP contribution >= 0.6 is 12.6 Å². The maximum atomic E-state index is 9.44. The first kappa shape index (κ1) is 5.98. The van der Waals surface area contributed by atoms with Crippen LogP contribution < -0.4 is 5.73 Å². The zero-order valence-electron chi connectivity index (χ0n) is 3.22. The molecule has 0 spiro atoms. The lowest BCUT2D eigenvalue weighted by atomic mass is 10.4. The minimum atomic E-state index is -0.506. The quantitative estimate of drug-likeness (QED) is 0.457. The first-order valence-electron chi connectivity index (χ1n) is 1.55. The molecule has 6 heavy (non-hydrogen) atoms. The topological polar surface area (TPSA) is 43.1 Å². The van der Waals surface area contributed by atoms with Crippen LogP contribution in [0.25, 0.3) is 0 Å². The van der Waals surface area contributed by atoms with Gasteiger partial charge in [-0.2, -0.15) is 12.6 Å². The van der Waals surface area contributed by atoms with Gasteiger partial charge in [-0.05, 0) is 0 Å². The molecule has 0 aromatic carbocycles. The summed E-state index contributed by atoms with van der Waals surface area (Å²) in [5, 5.41) is 0. The van der Waals surface area contributed by atoms with Crippen LogP contribution in [0, 0.1) is 0 Å². The Balaban J connectivity index is 2.96. The zero-order valence-corrected chi connectivity index (χ0v) is 4.11. The van der Waals surface area contributed by atoms with Crippen LogP contribution in [-0.2, 0) is 4.79 Å². The van der Waals surface area contributed by atoms with Gasteiger partial charge < -0.3 is 5.73 Å². The summed E-state index contributed by atoms with van der Waals surface area (Å²) >= 11 is 3.71. The molecule has 0 fully saturated rings. The van der Waals surface area contributed by atoms with Crippen molar-refractivity contribution < 1.29 is 4.79 Å². The van der Waals surface area contributed by atoms with Crippen LogP contribution in [0.2, 0.25) is 0 Å². The van der Waals surface area contributed by atoms with Crippen LogP contribution in [0.4, 0.5) is 0 Å². The third-order valence-corrected chi connectivity index (χ3v) is 0.741. The van der Waals surface area contributed by atoms with Crippen LogP contribution in [0.15, 0.2) is 0 Å². The smallest absolute Gasteiger partial charge is 0.217 e. The highest BCUT2D eigenvalue weighted by atomic mass is 32.1. The molecule has 0 rings (SSSR count). The summed E-state index contributed by atoms with van der Waals surface area (Å²) in [4.78, 5) is 9.44. The van der Waals surface area contributed by atoms with E-state index < -0.39 is 6.04 Å². The lowest BCUT2D eigenvalue weighted by molar-refractivity contribution is 0.546. The molecule has 0 aliphatic rings. The van der Waals surface area contributed by atoms with E-state index >= 15 is 0 Å². The minimum Gasteiger partial charge on any atom is -0.320 e. The van der Waals surface area contributed by atoms with E-state index in [4.69, 9.17) is 5.73 Å². The number of rotatable bonds is 2. The predicted molar refractivity (Wildman–Crippen MR) is 27.5 cm³/mol. The molecule has 0 aromatic heterocycles. The molecule has 0 aliphatic heterocycles. The normalized spacial score (nSPS) is 13.7. The molecule has 2 nitrogen and oxygen atoms in total. The second kappa shape index (κ2) is 3.18. The van der Waals surface area contributed by atoms with Crippen LogP contribution in [0.5, 0.6) is 0 Å². The average Bonchev–Trinajstić information content (AvgIpc) is 1.65. The molecule has 0 saturated carbocycles. The van der Waals surface area contributed by atoms with Gasteiger partial charge in [-0.1, -0.05) is 0 Å². The van der Waals surface area contributed by atoms with Crippen molar-refractivity contribution in [1.29, 1.82) is 0 Å². The molecule has 0 aliphatic carbocycles. The van der Waals surface area contributed by atoms with Crippen LogP contribution in [-0.4, -0.2) is 18.1 Å². The summed E-state index contributed by atoms with van der Waals surface area (Å²) in [5.74, 6) is 0.378. The Hall–Kier alpha value is -0.0200. The largest absolute Gasteiger partial charge is 0.320 e. The summed E-state index contributed by atoms with van der Waals surface area (Å²) in [6.45, 7) is 0. The Kier molecular flexibility index (Phi) is 3.17. The molecule has 0 saturated heterocycles. The molecule has 1 radical (unpaired) electrons.